The highest BCUT2D eigenvalue weighted by atomic mass is 16.7. The zero-order valence-corrected chi connectivity index (χ0v) is 15.4. The van der Waals surface area contributed by atoms with Crippen molar-refractivity contribution in [3.8, 4) is 17.2 Å². The second-order valence-corrected chi connectivity index (χ2v) is 6.83. The number of methoxy groups -OCH3 is 1. The van der Waals surface area contributed by atoms with Crippen LogP contribution in [-0.4, -0.2) is 30.7 Å². The fourth-order valence-corrected chi connectivity index (χ4v) is 3.45. The molecule has 2 aliphatic rings. The predicted octanol–water partition coefficient (Wildman–Crippen LogP) is 2.70. The Kier molecular flexibility index (Phi) is 3.95. The summed E-state index contributed by atoms with van der Waals surface area (Å²) in [7, 11) is 1.57. The minimum atomic E-state index is -1.17. The first-order valence-electron chi connectivity index (χ1n) is 8.60. The first-order chi connectivity index (χ1) is 12.9. The van der Waals surface area contributed by atoms with Crippen LogP contribution in [0.2, 0.25) is 0 Å². The van der Waals surface area contributed by atoms with Crippen LogP contribution in [0.3, 0.4) is 0 Å². The van der Waals surface area contributed by atoms with Crippen LogP contribution < -0.4 is 19.5 Å². The molecule has 4 rings (SSSR count). The topological polar surface area (TPSA) is 77.1 Å². The van der Waals surface area contributed by atoms with Crippen LogP contribution in [0.5, 0.6) is 17.2 Å². The average Bonchev–Trinajstić information content (AvgIpc) is 3.20. The van der Waals surface area contributed by atoms with E-state index in [0.29, 0.717) is 22.8 Å². The lowest BCUT2D eigenvalue weighted by molar-refractivity contribution is -0.131. The molecule has 2 aliphatic heterocycles. The van der Waals surface area contributed by atoms with Gasteiger partial charge in [-0.25, -0.2) is 4.79 Å². The second kappa shape index (κ2) is 6.19. The minimum absolute atomic E-state index is 0.135. The number of urea groups is 1. The number of aryl methyl sites for hydroxylation is 1. The number of ether oxygens (including phenoxy) is 3. The van der Waals surface area contributed by atoms with Gasteiger partial charge in [-0.15, -0.1) is 0 Å². The van der Waals surface area contributed by atoms with E-state index in [1.54, 1.807) is 32.2 Å². The molecule has 0 saturated carbocycles. The van der Waals surface area contributed by atoms with Crippen LogP contribution in [0.4, 0.5) is 4.79 Å². The second-order valence-electron chi connectivity index (χ2n) is 6.83. The number of benzene rings is 2. The average molecular weight is 368 g/mol. The molecule has 0 unspecified atom stereocenters. The van der Waals surface area contributed by atoms with Gasteiger partial charge < -0.3 is 19.5 Å². The van der Waals surface area contributed by atoms with Crippen molar-refractivity contribution in [3.05, 3.63) is 53.1 Å². The molecule has 1 N–H and O–H groups in total. The standard InChI is InChI=1S/C20H20N2O5/c1-12-4-6-15(25-3)13(8-12)10-22-18(23)20(2,21-19(22)24)14-5-7-16-17(9-14)27-11-26-16/h4-9H,10-11H2,1-3H3,(H,21,24)/t20-/m0/s1. The molecule has 0 radical (unpaired) electrons. The Morgan fingerprint density at radius 2 is 1.93 bits per heavy atom. The van der Waals surface area contributed by atoms with Gasteiger partial charge in [0.2, 0.25) is 6.79 Å². The van der Waals surface area contributed by atoms with Gasteiger partial charge in [-0.2, -0.15) is 0 Å². The summed E-state index contributed by atoms with van der Waals surface area (Å²) in [5.74, 6) is 1.50. The van der Waals surface area contributed by atoms with Gasteiger partial charge in [-0.05, 0) is 37.6 Å². The number of hydrogen-bond donors (Lipinski definition) is 1. The van der Waals surface area contributed by atoms with Gasteiger partial charge in [0.1, 0.15) is 11.3 Å². The molecule has 2 aromatic rings. The Morgan fingerprint density at radius 1 is 1.15 bits per heavy atom. The number of nitrogens with one attached hydrogen (secondary N) is 1. The summed E-state index contributed by atoms with van der Waals surface area (Å²) in [5, 5.41) is 2.81. The highest BCUT2D eigenvalue weighted by Crippen LogP contribution is 2.38. The zero-order chi connectivity index (χ0) is 19.2. The lowest BCUT2D eigenvalue weighted by Crippen LogP contribution is -2.40. The summed E-state index contributed by atoms with van der Waals surface area (Å²) < 4.78 is 16.1. The van der Waals surface area contributed by atoms with Crippen molar-refractivity contribution >= 4 is 11.9 Å². The Labute approximate surface area is 156 Å². The first-order valence-corrected chi connectivity index (χ1v) is 8.60. The number of nitrogens with zero attached hydrogens (tertiary/aromatic N) is 1. The third-order valence-electron chi connectivity index (χ3n) is 4.99. The molecule has 2 heterocycles. The van der Waals surface area contributed by atoms with Crippen LogP contribution in [-0.2, 0) is 16.9 Å². The van der Waals surface area contributed by atoms with Crippen molar-refractivity contribution in [3.63, 3.8) is 0 Å². The van der Waals surface area contributed by atoms with Crippen molar-refractivity contribution in [1.82, 2.24) is 10.2 Å². The third kappa shape index (κ3) is 2.75. The van der Waals surface area contributed by atoms with Gasteiger partial charge in [0.15, 0.2) is 11.5 Å². The van der Waals surface area contributed by atoms with Gasteiger partial charge in [-0.1, -0.05) is 23.8 Å². The molecular formula is C20H20N2O5. The van der Waals surface area contributed by atoms with E-state index in [9.17, 15) is 9.59 Å². The van der Waals surface area contributed by atoms with Crippen molar-refractivity contribution in [2.75, 3.05) is 13.9 Å². The molecule has 2 aromatic carbocycles. The molecule has 1 saturated heterocycles. The minimum Gasteiger partial charge on any atom is -0.496 e. The molecule has 140 valence electrons. The van der Waals surface area contributed by atoms with E-state index in [0.717, 1.165) is 11.1 Å². The SMILES string of the molecule is COc1ccc(C)cc1CN1C(=O)N[C@@](C)(c2ccc3c(c2)OCO3)C1=O. The first kappa shape index (κ1) is 17.2. The lowest BCUT2D eigenvalue weighted by atomic mass is 9.91. The Morgan fingerprint density at radius 3 is 2.70 bits per heavy atom. The zero-order valence-electron chi connectivity index (χ0n) is 15.4. The monoisotopic (exact) mass is 368 g/mol. The highest BCUT2D eigenvalue weighted by molar-refractivity contribution is 6.07. The van der Waals surface area contributed by atoms with Gasteiger partial charge in [0.05, 0.1) is 13.7 Å². The lowest BCUT2D eigenvalue weighted by Gasteiger charge is -2.23. The number of carbonyl (C=O) groups is 2. The molecule has 27 heavy (non-hydrogen) atoms. The molecule has 3 amide bonds. The fourth-order valence-electron chi connectivity index (χ4n) is 3.45. The van der Waals surface area contributed by atoms with E-state index in [-0.39, 0.29) is 19.2 Å². The molecule has 0 spiro atoms. The van der Waals surface area contributed by atoms with E-state index < -0.39 is 11.6 Å². The molecule has 7 nitrogen and oxygen atoms in total. The van der Waals surface area contributed by atoms with Crippen molar-refractivity contribution in [2.45, 2.75) is 25.9 Å². The van der Waals surface area contributed by atoms with Gasteiger partial charge in [0, 0.05) is 5.56 Å². The number of amides is 3. The summed E-state index contributed by atoms with van der Waals surface area (Å²) in [4.78, 5) is 27.0. The third-order valence-corrected chi connectivity index (χ3v) is 4.99. The molecular weight excluding hydrogens is 348 g/mol. The summed E-state index contributed by atoms with van der Waals surface area (Å²) in [6.45, 7) is 3.93. The van der Waals surface area contributed by atoms with E-state index in [4.69, 9.17) is 14.2 Å². The van der Waals surface area contributed by atoms with Crippen molar-refractivity contribution in [2.24, 2.45) is 0 Å². The van der Waals surface area contributed by atoms with Crippen LogP contribution in [0, 0.1) is 6.92 Å². The molecule has 0 aromatic heterocycles. The van der Waals surface area contributed by atoms with Crippen LogP contribution in [0.25, 0.3) is 0 Å². The normalized spacial score (nSPS) is 20.8. The molecule has 1 fully saturated rings. The Hall–Kier alpha value is -3.22. The smallest absolute Gasteiger partial charge is 0.325 e. The van der Waals surface area contributed by atoms with Crippen molar-refractivity contribution in [1.29, 1.82) is 0 Å². The number of carbonyl (C=O) groups excluding carboxylic acids is 2. The van der Waals surface area contributed by atoms with Crippen LogP contribution >= 0.6 is 0 Å². The fraction of sp³-hybridized carbons (Fsp3) is 0.300. The van der Waals surface area contributed by atoms with Gasteiger partial charge >= 0.3 is 6.03 Å². The quantitative estimate of drug-likeness (QED) is 0.840. The van der Waals surface area contributed by atoms with E-state index in [2.05, 4.69) is 5.32 Å². The number of rotatable bonds is 4. The number of imide groups is 1. The summed E-state index contributed by atoms with van der Waals surface area (Å²) in [6.07, 6.45) is 0. The van der Waals surface area contributed by atoms with Crippen LogP contribution in [0.1, 0.15) is 23.6 Å². The Bertz CT molecular complexity index is 942. The van der Waals surface area contributed by atoms with E-state index in [1.165, 1.54) is 4.90 Å². The number of hydrogen-bond acceptors (Lipinski definition) is 5. The summed E-state index contributed by atoms with van der Waals surface area (Å²) in [6, 6.07) is 10.5. The number of fused-ring (bicyclic) bond motifs is 1. The van der Waals surface area contributed by atoms with E-state index >= 15 is 0 Å². The van der Waals surface area contributed by atoms with Gasteiger partial charge in [-0.3, -0.25) is 9.69 Å². The maximum atomic E-state index is 13.2. The highest BCUT2D eigenvalue weighted by Gasteiger charge is 2.49. The van der Waals surface area contributed by atoms with E-state index in [1.807, 2.05) is 25.1 Å². The molecule has 1 atom stereocenters. The largest absolute Gasteiger partial charge is 0.496 e. The van der Waals surface area contributed by atoms with Crippen molar-refractivity contribution < 1.29 is 23.8 Å². The van der Waals surface area contributed by atoms with Crippen LogP contribution in [0.15, 0.2) is 36.4 Å². The maximum Gasteiger partial charge on any atom is 0.325 e. The summed E-state index contributed by atoms with van der Waals surface area (Å²) in [5.41, 5.74) is 1.27. The molecule has 0 aliphatic carbocycles. The maximum absolute atomic E-state index is 13.2. The molecule has 7 heteroatoms. The molecule has 0 bridgehead atoms. The predicted molar refractivity (Wildman–Crippen MR) is 96.7 cm³/mol. The summed E-state index contributed by atoms with van der Waals surface area (Å²) >= 11 is 0. The Balaban J connectivity index is 1.65. The van der Waals surface area contributed by atoms with Gasteiger partial charge in [0.25, 0.3) is 5.91 Å².